The molecule has 0 aromatic carbocycles. The van der Waals surface area contributed by atoms with E-state index >= 15 is 0 Å². The zero-order chi connectivity index (χ0) is 6.15. The molecule has 1 aromatic rings. The average Bonchev–Trinajstić information content (AvgIpc) is 1.85. The Morgan fingerprint density at radius 1 is 1.50 bits per heavy atom. The van der Waals surface area contributed by atoms with Gasteiger partial charge in [-0.25, -0.2) is 4.79 Å². The van der Waals surface area contributed by atoms with Crippen molar-refractivity contribution in [3.63, 3.8) is 0 Å². The van der Waals surface area contributed by atoms with Crippen LogP contribution in [0.15, 0.2) is 13.6 Å². The maximum Gasteiger partial charge on any atom is 0.519 e. The summed E-state index contributed by atoms with van der Waals surface area (Å²) in [6, 6.07) is 0. The van der Waals surface area contributed by atoms with Crippen molar-refractivity contribution in [1.82, 2.24) is 0 Å². The second-order valence-corrected chi connectivity index (χ2v) is 2.26. The highest BCUT2D eigenvalue weighted by molar-refractivity contribution is 14.1. The molecule has 8 heavy (non-hydrogen) atoms. The van der Waals surface area contributed by atoms with Crippen molar-refractivity contribution in [2.45, 2.75) is 6.92 Å². The first-order valence-corrected chi connectivity index (χ1v) is 3.04. The molecule has 0 spiro atoms. The molecule has 0 fully saturated rings. The van der Waals surface area contributed by atoms with Gasteiger partial charge in [-0.1, -0.05) is 0 Å². The molecule has 0 saturated heterocycles. The largest absolute Gasteiger partial charge is 0.519 e. The molecule has 0 aliphatic carbocycles. The average molecular weight is 226 g/mol. The van der Waals surface area contributed by atoms with Crippen LogP contribution < -0.4 is 5.82 Å². The molecule has 4 heteroatoms. The van der Waals surface area contributed by atoms with Gasteiger partial charge in [0, 0.05) is 22.6 Å². The van der Waals surface area contributed by atoms with Gasteiger partial charge >= 0.3 is 5.82 Å². The zero-order valence-electron chi connectivity index (χ0n) is 4.10. The Kier molecular flexibility index (Phi) is 1.41. The second kappa shape index (κ2) is 1.93. The van der Waals surface area contributed by atoms with E-state index < -0.39 is 5.82 Å². The Hall–Kier alpha value is -0.260. The fourth-order valence-corrected chi connectivity index (χ4v) is 0.621. The molecule has 0 unspecified atom stereocenters. The summed E-state index contributed by atoms with van der Waals surface area (Å²) in [5, 5.41) is 0. The summed E-state index contributed by atoms with van der Waals surface area (Å²) in [5.41, 5.74) is 0. The summed E-state index contributed by atoms with van der Waals surface area (Å²) in [6.07, 6.45) is 0. The highest BCUT2D eigenvalue weighted by Gasteiger charge is 2.01. The fourth-order valence-electron chi connectivity index (χ4n) is 0.331. The molecule has 0 aliphatic rings. The molecular formula is C4H3IO3. The Bertz CT molecular complexity index is 211. The van der Waals surface area contributed by atoms with E-state index in [1.54, 1.807) is 6.92 Å². The molecule has 0 N–H and O–H groups in total. The van der Waals surface area contributed by atoms with Crippen molar-refractivity contribution < 1.29 is 8.83 Å². The van der Waals surface area contributed by atoms with Gasteiger partial charge in [0.15, 0.2) is 5.76 Å². The summed E-state index contributed by atoms with van der Waals surface area (Å²) in [6.45, 7) is 1.67. The van der Waals surface area contributed by atoms with Crippen LogP contribution in [0.1, 0.15) is 5.76 Å². The third kappa shape index (κ3) is 0.936. The van der Waals surface area contributed by atoms with Crippen LogP contribution in [0.4, 0.5) is 0 Å². The number of rotatable bonds is 0. The predicted molar refractivity (Wildman–Crippen MR) is 34.7 cm³/mol. The van der Waals surface area contributed by atoms with E-state index in [0.29, 0.717) is 9.53 Å². The normalized spacial score (nSPS) is 9.75. The van der Waals surface area contributed by atoms with E-state index in [1.165, 1.54) is 0 Å². The van der Waals surface area contributed by atoms with Gasteiger partial charge in [0.25, 0.3) is 0 Å². The van der Waals surface area contributed by atoms with Crippen molar-refractivity contribution in [1.29, 1.82) is 0 Å². The molecule has 0 radical (unpaired) electrons. The van der Waals surface area contributed by atoms with Gasteiger partial charge in [-0.15, -0.1) is 0 Å². The van der Waals surface area contributed by atoms with Crippen molar-refractivity contribution >= 4 is 22.6 Å². The zero-order valence-corrected chi connectivity index (χ0v) is 6.26. The molecule has 1 rings (SSSR count). The molecule has 0 bridgehead atoms. The Labute approximate surface area is 58.8 Å². The van der Waals surface area contributed by atoms with Crippen LogP contribution in [0, 0.1) is 10.7 Å². The number of hydrogen-bond acceptors (Lipinski definition) is 3. The Balaban J connectivity index is 3.35. The third-order valence-corrected chi connectivity index (χ3v) is 1.67. The van der Waals surface area contributed by atoms with Gasteiger partial charge < -0.3 is 8.83 Å². The van der Waals surface area contributed by atoms with E-state index in [0.717, 1.165) is 0 Å². The first kappa shape index (κ1) is 5.87. The lowest BCUT2D eigenvalue weighted by molar-refractivity contribution is 0.373. The second-order valence-electron chi connectivity index (χ2n) is 1.28. The lowest BCUT2D eigenvalue weighted by Crippen LogP contribution is -1.84. The van der Waals surface area contributed by atoms with Crippen LogP contribution in [-0.4, -0.2) is 0 Å². The van der Waals surface area contributed by atoms with Crippen molar-refractivity contribution in [3.8, 4) is 0 Å². The van der Waals surface area contributed by atoms with Gasteiger partial charge in [0.1, 0.15) is 0 Å². The van der Waals surface area contributed by atoms with Gasteiger partial charge in [0.2, 0.25) is 3.77 Å². The summed E-state index contributed by atoms with van der Waals surface area (Å²) < 4.78 is 9.48. The van der Waals surface area contributed by atoms with Crippen LogP contribution >= 0.6 is 22.6 Å². The molecule has 44 valence electrons. The summed E-state index contributed by atoms with van der Waals surface area (Å²) in [4.78, 5) is 10.2. The van der Waals surface area contributed by atoms with Crippen molar-refractivity contribution in [2.75, 3.05) is 0 Å². The van der Waals surface area contributed by atoms with Crippen LogP contribution in [0.5, 0.6) is 0 Å². The minimum absolute atomic E-state index is 0.521. The Morgan fingerprint density at radius 3 is 2.25 bits per heavy atom. The first-order chi connectivity index (χ1) is 3.70. The lowest BCUT2D eigenvalue weighted by Gasteiger charge is -1.72. The molecule has 1 aromatic heterocycles. The maximum absolute atomic E-state index is 10.2. The topological polar surface area (TPSA) is 43.4 Å². The smallest absolute Gasteiger partial charge is 0.395 e. The molecule has 0 amide bonds. The highest BCUT2D eigenvalue weighted by atomic mass is 127. The maximum atomic E-state index is 10.2. The minimum Gasteiger partial charge on any atom is -0.395 e. The van der Waals surface area contributed by atoms with Crippen LogP contribution in [-0.2, 0) is 0 Å². The summed E-state index contributed by atoms with van der Waals surface area (Å²) in [5.74, 6) is -0.0949. The van der Waals surface area contributed by atoms with Gasteiger partial charge in [-0.3, -0.25) is 0 Å². The van der Waals surface area contributed by atoms with E-state index in [-0.39, 0.29) is 0 Å². The van der Waals surface area contributed by atoms with Gasteiger partial charge in [-0.2, -0.15) is 0 Å². The molecule has 0 saturated carbocycles. The molecular weight excluding hydrogens is 223 g/mol. The van der Waals surface area contributed by atoms with Crippen LogP contribution in [0.2, 0.25) is 0 Å². The quantitative estimate of drug-likeness (QED) is 0.623. The molecule has 1 heterocycles. The first-order valence-electron chi connectivity index (χ1n) is 1.96. The molecule has 0 atom stereocenters. The fraction of sp³-hybridized carbons (Fsp3) is 0.250. The van der Waals surface area contributed by atoms with Crippen molar-refractivity contribution in [3.05, 3.63) is 20.1 Å². The van der Waals surface area contributed by atoms with E-state index in [9.17, 15) is 4.79 Å². The number of aryl methyl sites for hydroxylation is 1. The monoisotopic (exact) mass is 226 g/mol. The molecule has 3 nitrogen and oxygen atoms in total. The van der Waals surface area contributed by atoms with Gasteiger partial charge in [0.05, 0.1) is 0 Å². The third-order valence-electron chi connectivity index (χ3n) is 0.686. The van der Waals surface area contributed by atoms with Crippen LogP contribution in [0.25, 0.3) is 0 Å². The highest BCUT2D eigenvalue weighted by Crippen LogP contribution is 2.06. The van der Waals surface area contributed by atoms with Crippen molar-refractivity contribution in [2.24, 2.45) is 0 Å². The van der Waals surface area contributed by atoms with E-state index in [2.05, 4.69) is 8.83 Å². The molecule has 0 aliphatic heterocycles. The summed E-state index contributed by atoms with van der Waals surface area (Å²) >= 11 is 1.88. The van der Waals surface area contributed by atoms with E-state index in [1.807, 2.05) is 22.6 Å². The SMILES string of the molecule is Cc1oc(=O)oc1I. The summed E-state index contributed by atoms with van der Waals surface area (Å²) in [7, 11) is 0. The number of hydrogen-bond donors (Lipinski definition) is 0. The van der Waals surface area contributed by atoms with Crippen LogP contribution in [0.3, 0.4) is 0 Å². The van der Waals surface area contributed by atoms with E-state index in [4.69, 9.17) is 0 Å². The van der Waals surface area contributed by atoms with Gasteiger partial charge in [-0.05, 0) is 6.92 Å². The minimum atomic E-state index is -0.633. The number of halogens is 1. The Morgan fingerprint density at radius 2 is 2.12 bits per heavy atom. The standard InChI is InChI=1S/C4H3IO3/c1-2-3(5)8-4(6)7-2/h1H3. The predicted octanol–water partition coefficient (Wildman–Crippen LogP) is 1.15. The lowest BCUT2D eigenvalue weighted by atomic mass is 10.6.